The number of hydrogen-bond acceptors (Lipinski definition) is 5. The lowest BCUT2D eigenvalue weighted by atomic mass is 10.2. The van der Waals surface area contributed by atoms with E-state index in [9.17, 15) is 5.11 Å². The first-order chi connectivity index (χ1) is 11.6. The van der Waals surface area contributed by atoms with Crippen molar-refractivity contribution in [2.75, 3.05) is 11.9 Å². The summed E-state index contributed by atoms with van der Waals surface area (Å²) < 4.78 is 7.63. The predicted molar refractivity (Wildman–Crippen MR) is 94.2 cm³/mol. The molecule has 0 amide bonds. The molecule has 0 saturated carbocycles. The molecule has 1 atom stereocenters. The monoisotopic (exact) mass is 328 g/mol. The number of fused-ring (bicyclic) bond motifs is 1. The van der Waals surface area contributed by atoms with Crippen LogP contribution in [-0.2, 0) is 6.54 Å². The van der Waals surface area contributed by atoms with E-state index in [1.54, 1.807) is 12.6 Å². The van der Waals surface area contributed by atoms with Crippen molar-refractivity contribution >= 4 is 16.9 Å². The second-order valence-corrected chi connectivity index (χ2v) is 6.07. The van der Waals surface area contributed by atoms with Crippen molar-refractivity contribution in [3.63, 3.8) is 0 Å². The molecule has 24 heavy (non-hydrogen) atoms. The summed E-state index contributed by atoms with van der Waals surface area (Å²) >= 11 is 0. The average molecular weight is 328 g/mol. The Morgan fingerprint density at radius 2 is 2.17 bits per heavy atom. The Balaban J connectivity index is 1.92. The minimum atomic E-state index is -0.277. The maximum atomic E-state index is 9.71. The van der Waals surface area contributed by atoms with Gasteiger partial charge in [0.05, 0.1) is 24.3 Å². The van der Waals surface area contributed by atoms with E-state index in [2.05, 4.69) is 33.7 Å². The summed E-state index contributed by atoms with van der Waals surface area (Å²) in [5, 5.41) is 14.1. The number of aliphatic hydroxyl groups excluding tert-OH is 1. The smallest absolute Gasteiger partial charge is 0.146 e. The van der Waals surface area contributed by atoms with Crippen LogP contribution in [-0.4, -0.2) is 32.3 Å². The highest BCUT2D eigenvalue weighted by molar-refractivity contribution is 5.91. The summed E-state index contributed by atoms with van der Waals surface area (Å²) in [5.41, 5.74) is 3.21. The third kappa shape index (κ3) is 3.14. The van der Waals surface area contributed by atoms with Crippen LogP contribution in [0, 0.1) is 13.8 Å². The Kier molecular flexibility index (Phi) is 4.85. The standard InChI is InChI=1S/C18H24N4O2/c1-4-14(23)7-8-19-17-16-12(2)13(3)22(18(16)21-11-20-17)10-15-6-5-9-24-15/h5-6,9,11,14,23H,4,7-8,10H2,1-3H3,(H,19,20,21). The lowest BCUT2D eigenvalue weighted by Crippen LogP contribution is -2.13. The van der Waals surface area contributed by atoms with Gasteiger partial charge in [0.1, 0.15) is 23.6 Å². The number of aliphatic hydroxyl groups is 1. The fourth-order valence-corrected chi connectivity index (χ4v) is 2.92. The van der Waals surface area contributed by atoms with E-state index in [1.165, 1.54) is 0 Å². The second-order valence-electron chi connectivity index (χ2n) is 6.07. The van der Waals surface area contributed by atoms with Gasteiger partial charge in [-0.15, -0.1) is 0 Å². The van der Waals surface area contributed by atoms with E-state index < -0.39 is 0 Å². The van der Waals surface area contributed by atoms with Crippen molar-refractivity contribution < 1.29 is 9.52 Å². The van der Waals surface area contributed by atoms with Gasteiger partial charge in [0.25, 0.3) is 0 Å². The highest BCUT2D eigenvalue weighted by Crippen LogP contribution is 2.29. The van der Waals surface area contributed by atoms with Crippen LogP contribution in [0.5, 0.6) is 0 Å². The van der Waals surface area contributed by atoms with Crippen molar-refractivity contribution in [2.24, 2.45) is 0 Å². The lowest BCUT2D eigenvalue weighted by molar-refractivity contribution is 0.164. The number of nitrogens with one attached hydrogen (secondary N) is 1. The van der Waals surface area contributed by atoms with Crippen LogP contribution >= 0.6 is 0 Å². The largest absolute Gasteiger partial charge is 0.467 e. The molecule has 1 unspecified atom stereocenters. The van der Waals surface area contributed by atoms with Crippen molar-refractivity contribution in [3.05, 3.63) is 41.7 Å². The number of hydrogen-bond donors (Lipinski definition) is 2. The van der Waals surface area contributed by atoms with Crippen LogP contribution in [0.2, 0.25) is 0 Å². The van der Waals surface area contributed by atoms with E-state index in [4.69, 9.17) is 4.42 Å². The SMILES string of the molecule is CCC(O)CCNc1ncnc2c1c(C)c(C)n2Cc1ccco1. The van der Waals surface area contributed by atoms with Crippen LogP contribution in [0.3, 0.4) is 0 Å². The summed E-state index contributed by atoms with van der Waals surface area (Å²) in [4.78, 5) is 8.89. The number of aryl methyl sites for hydroxylation is 1. The molecular formula is C18H24N4O2. The molecule has 0 aliphatic heterocycles. The molecule has 6 nitrogen and oxygen atoms in total. The highest BCUT2D eigenvalue weighted by atomic mass is 16.3. The molecule has 0 aliphatic rings. The van der Waals surface area contributed by atoms with Gasteiger partial charge in [-0.1, -0.05) is 6.92 Å². The fourth-order valence-electron chi connectivity index (χ4n) is 2.92. The zero-order chi connectivity index (χ0) is 17.1. The van der Waals surface area contributed by atoms with Gasteiger partial charge in [-0.25, -0.2) is 9.97 Å². The van der Waals surface area contributed by atoms with Gasteiger partial charge in [-0.2, -0.15) is 0 Å². The maximum absolute atomic E-state index is 9.71. The summed E-state index contributed by atoms with van der Waals surface area (Å²) in [7, 11) is 0. The quantitative estimate of drug-likeness (QED) is 0.696. The van der Waals surface area contributed by atoms with Crippen LogP contribution < -0.4 is 5.32 Å². The van der Waals surface area contributed by atoms with Crippen LogP contribution in [0.25, 0.3) is 11.0 Å². The van der Waals surface area contributed by atoms with Gasteiger partial charge in [0.15, 0.2) is 0 Å². The molecule has 3 aromatic heterocycles. The molecule has 128 valence electrons. The van der Waals surface area contributed by atoms with Gasteiger partial charge in [0, 0.05) is 12.2 Å². The Morgan fingerprint density at radius 1 is 1.33 bits per heavy atom. The van der Waals surface area contributed by atoms with Crippen LogP contribution in [0.4, 0.5) is 5.82 Å². The molecule has 0 aliphatic carbocycles. The molecular weight excluding hydrogens is 304 g/mol. The van der Waals surface area contributed by atoms with E-state index in [1.807, 2.05) is 19.1 Å². The first kappa shape index (κ1) is 16.5. The predicted octanol–water partition coefficient (Wildman–Crippen LogP) is 3.26. The molecule has 0 radical (unpaired) electrons. The van der Waals surface area contributed by atoms with E-state index in [-0.39, 0.29) is 6.10 Å². The maximum Gasteiger partial charge on any atom is 0.146 e. The van der Waals surface area contributed by atoms with Gasteiger partial charge < -0.3 is 19.4 Å². The zero-order valence-corrected chi connectivity index (χ0v) is 14.4. The number of furan rings is 1. The van der Waals surface area contributed by atoms with Crippen LogP contribution in [0.1, 0.15) is 36.8 Å². The molecule has 0 bridgehead atoms. The summed E-state index contributed by atoms with van der Waals surface area (Å²) in [6.07, 6.45) is 4.45. The molecule has 0 fully saturated rings. The minimum Gasteiger partial charge on any atom is -0.467 e. The third-order valence-corrected chi connectivity index (χ3v) is 4.54. The number of aromatic nitrogens is 3. The normalized spacial score (nSPS) is 12.7. The molecule has 0 spiro atoms. The Hall–Kier alpha value is -2.34. The highest BCUT2D eigenvalue weighted by Gasteiger charge is 2.17. The Labute approximate surface area is 141 Å². The molecule has 6 heteroatoms. The number of anilines is 1. The second kappa shape index (κ2) is 7.05. The summed E-state index contributed by atoms with van der Waals surface area (Å²) in [6, 6.07) is 3.86. The number of rotatable bonds is 7. The topological polar surface area (TPSA) is 76.1 Å². The van der Waals surface area contributed by atoms with Crippen LogP contribution in [0.15, 0.2) is 29.1 Å². The number of nitrogens with zero attached hydrogens (tertiary/aromatic N) is 3. The zero-order valence-electron chi connectivity index (χ0n) is 14.4. The first-order valence-electron chi connectivity index (χ1n) is 8.36. The molecule has 3 aromatic rings. The van der Waals surface area contributed by atoms with Gasteiger partial charge in [0.2, 0.25) is 0 Å². The summed E-state index contributed by atoms with van der Waals surface area (Å²) in [5.74, 6) is 1.72. The van der Waals surface area contributed by atoms with Gasteiger partial charge >= 0.3 is 0 Å². The molecule has 0 aromatic carbocycles. The average Bonchev–Trinajstić information content (AvgIpc) is 3.18. The molecule has 2 N–H and O–H groups in total. The van der Waals surface area contributed by atoms with Crippen molar-refractivity contribution in [2.45, 2.75) is 46.3 Å². The van der Waals surface area contributed by atoms with Crippen molar-refractivity contribution in [3.8, 4) is 0 Å². The van der Waals surface area contributed by atoms with Crippen molar-refractivity contribution in [1.82, 2.24) is 14.5 Å². The summed E-state index contributed by atoms with van der Waals surface area (Å²) in [6.45, 7) is 7.49. The van der Waals surface area contributed by atoms with E-state index in [0.717, 1.165) is 40.3 Å². The van der Waals surface area contributed by atoms with E-state index >= 15 is 0 Å². The Morgan fingerprint density at radius 3 is 2.88 bits per heavy atom. The lowest BCUT2D eigenvalue weighted by Gasteiger charge is -2.10. The molecule has 3 heterocycles. The first-order valence-corrected chi connectivity index (χ1v) is 8.36. The van der Waals surface area contributed by atoms with E-state index in [0.29, 0.717) is 19.5 Å². The fraction of sp³-hybridized carbons (Fsp3) is 0.444. The van der Waals surface area contributed by atoms with Crippen molar-refractivity contribution in [1.29, 1.82) is 0 Å². The Bertz CT molecular complexity index is 808. The van der Waals surface area contributed by atoms with Gasteiger partial charge in [-0.3, -0.25) is 0 Å². The van der Waals surface area contributed by atoms with Gasteiger partial charge in [-0.05, 0) is 44.4 Å². The molecule has 0 saturated heterocycles. The minimum absolute atomic E-state index is 0.277. The molecule has 3 rings (SSSR count). The third-order valence-electron chi connectivity index (χ3n) is 4.54.